The van der Waals surface area contributed by atoms with Crippen LogP contribution in [0.15, 0.2) is 48.5 Å². The normalized spacial score (nSPS) is 12.1. The number of rotatable bonds is 8. The molecule has 22 heavy (non-hydrogen) atoms. The van der Waals surface area contributed by atoms with E-state index in [1.807, 2.05) is 31.2 Å². The predicted octanol–water partition coefficient (Wildman–Crippen LogP) is 3.27. The van der Waals surface area contributed by atoms with E-state index in [1.54, 1.807) is 18.2 Å². The summed E-state index contributed by atoms with van der Waals surface area (Å²) in [4.78, 5) is 0. The van der Waals surface area contributed by atoms with Crippen molar-refractivity contribution >= 4 is 0 Å². The summed E-state index contributed by atoms with van der Waals surface area (Å²) in [5.74, 6) is 0.468. The molecule has 118 valence electrons. The number of aliphatic hydroxyl groups is 1. The van der Waals surface area contributed by atoms with E-state index >= 15 is 0 Å². The minimum absolute atomic E-state index is 0.0691. The van der Waals surface area contributed by atoms with E-state index in [4.69, 9.17) is 4.74 Å². The van der Waals surface area contributed by atoms with Gasteiger partial charge in [0.1, 0.15) is 18.2 Å². The van der Waals surface area contributed by atoms with Crippen molar-refractivity contribution < 1.29 is 14.2 Å². The third-order valence-electron chi connectivity index (χ3n) is 3.61. The van der Waals surface area contributed by atoms with Crippen LogP contribution in [0.5, 0.6) is 5.75 Å². The first-order valence-corrected chi connectivity index (χ1v) is 7.53. The Morgan fingerprint density at radius 1 is 1.09 bits per heavy atom. The van der Waals surface area contributed by atoms with Gasteiger partial charge in [-0.15, -0.1) is 0 Å². The standard InChI is InChI=1S/C18H22FNO2/c1-2-16(12-21)20-11-14-7-4-6-10-18(14)22-13-15-8-3-5-9-17(15)19/h3-10,16,20-21H,2,11-13H2,1H3/t16-/m0/s1. The summed E-state index contributed by atoms with van der Waals surface area (Å²) in [6, 6.07) is 14.3. The summed E-state index contributed by atoms with van der Waals surface area (Å²) in [5, 5.41) is 12.5. The number of halogens is 1. The van der Waals surface area contributed by atoms with Gasteiger partial charge in [0.25, 0.3) is 0 Å². The molecule has 0 fully saturated rings. The quantitative estimate of drug-likeness (QED) is 0.786. The summed E-state index contributed by atoms with van der Waals surface area (Å²) in [6.45, 7) is 2.93. The highest BCUT2D eigenvalue weighted by molar-refractivity contribution is 5.33. The highest BCUT2D eigenvalue weighted by Gasteiger charge is 2.08. The number of ether oxygens (including phenoxy) is 1. The van der Waals surface area contributed by atoms with Crippen LogP contribution >= 0.6 is 0 Å². The molecule has 0 unspecified atom stereocenters. The first-order chi connectivity index (χ1) is 10.7. The maximum absolute atomic E-state index is 13.6. The Balaban J connectivity index is 2.00. The molecule has 1 atom stereocenters. The minimum atomic E-state index is -0.260. The van der Waals surface area contributed by atoms with Gasteiger partial charge in [-0.1, -0.05) is 43.3 Å². The minimum Gasteiger partial charge on any atom is -0.488 e. The smallest absolute Gasteiger partial charge is 0.129 e. The second-order valence-corrected chi connectivity index (χ2v) is 5.16. The molecular formula is C18H22FNO2. The number of hydrogen-bond acceptors (Lipinski definition) is 3. The zero-order valence-electron chi connectivity index (χ0n) is 12.8. The molecule has 0 aliphatic carbocycles. The van der Waals surface area contributed by atoms with Gasteiger partial charge in [0.05, 0.1) is 6.61 Å². The Bertz CT molecular complexity index is 585. The summed E-state index contributed by atoms with van der Waals surface area (Å²) in [5.41, 5.74) is 1.53. The van der Waals surface area contributed by atoms with Gasteiger partial charge in [0, 0.05) is 23.7 Å². The third-order valence-corrected chi connectivity index (χ3v) is 3.61. The van der Waals surface area contributed by atoms with Crippen molar-refractivity contribution in [1.29, 1.82) is 0 Å². The van der Waals surface area contributed by atoms with Crippen LogP contribution in [0.4, 0.5) is 4.39 Å². The van der Waals surface area contributed by atoms with Crippen molar-refractivity contribution in [3.05, 3.63) is 65.5 Å². The van der Waals surface area contributed by atoms with Crippen molar-refractivity contribution in [2.24, 2.45) is 0 Å². The van der Waals surface area contributed by atoms with Gasteiger partial charge < -0.3 is 15.2 Å². The van der Waals surface area contributed by atoms with Crippen molar-refractivity contribution in [3.8, 4) is 5.75 Å². The number of nitrogens with one attached hydrogen (secondary N) is 1. The SMILES string of the molecule is CC[C@@H](CO)NCc1ccccc1OCc1ccccc1F. The molecule has 4 heteroatoms. The van der Waals surface area contributed by atoms with Crippen LogP contribution < -0.4 is 10.1 Å². The van der Waals surface area contributed by atoms with Gasteiger partial charge >= 0.3 is 0 Å². The van der Waals surface area contributed by atoms with E-state index in [0.29, 0.717) is 12.1 Å². The van der Waals surface area contributed by atoms with E-state index in [2.05, 4.69) is 5.32 Å². The molecule has 2 aromatic rings. The molecule has 0 saturated heterocycles. The van der Waals surface area contributed by atoms with E-state index in [0.717, 1.165) is 17.7 Å². The number of para-hydroxylation sites is 1. The lowest BCUT2D eigenvalue weighted by Gasteiger charge is -2.16. The molecule has 0 aliphatic rings. The van der Waals surface area contributed by atoms with Crippen molar-refractivity contribution in [2.45, 2.75) is 32.5 Å². The van der Waals surface area contributed by atoms with E-state index in [9.17, 15) is 9.50 Å². The molecule has 3 nitrogen and oxygen atoms in total. The Hall–Kier alpha value is -1.91. The first kappa shape index (κ1) is 16.5. The Kier molecular flexibility index (Phi) is 6.37. The second-order valence-electron chi connectivity index (χ2n) is 5.16. The molecule has 0 radical (unpaired) electrons. The van der Waals surface area contributed by atoms with Gasteiger partial charge in [-0.05, 0) is 18.6 Å². The molecule has 0 saturated carbocycles. The van der Waals surface area contributed by atoms with Crippen LogP contribution in [0.25, 0.3) is 0 Å². The molecule has 2 aromatic carbocycles. The lowest BCUT2D eigenvalue weighted by Crippen LogP contribution is -2.31. The lowest BCUT2D eigenvalue weighted by molar-refractivity contribution is 0.237. The monoisotopic (exact) mass is 303 g/mol. The summed E-state index contributed by atoms with van der Waals surface area (Å²) in [7, 11) is 0. The molecular weight excluding hydrogens is 281 g/mol. The number of hydrogen-bond donors (Lipinski definition) is 2. The maximum Gasteiger partial charge on any atom is 0.129 e. The average Bonchev–Trinajstić information content (AvgIpc) is 2.56. The van der Waals surface area contributed by atoms with Gasteiger partial charge in [-0.2, -0.15) is 0 Å². The van der Waals surface area contributed by atoms with Crippen molar-refractivity contribution in [1.82, 2.24) is 5.32 Å². The van der Waals surface area contributed by atoms with Crippen molar-refractivity contribution in [2.75, 3.05) is 6.61 Å². The molecule has 2 N–H and O–H groups in total. The maximum atomic E-state index is 13.6. The summed E-state index contributed by atoms with van der Waals surface area (Å²) >= 11 is 0. The largest absolute Gasteiger partial charge is 0.488 e. The van der Waals surface area contributed by atoms with Crippen LogP contribution in [0.3, 0.4) is 0 Å². The third kappa shape index (κ3) is 4.55. The highest BCUT2D eigenvalue weighted by atomic mass is 19.1. The molecule has 0 amide bonds. The number of aliphatic hydroxyl groups excluding tert-OH is 1. The first-order valence-electron chi connectivity index (χ1n) is 7.53. The van der Waals surface area contributed by atoms with Gasteiger partial charge in [-0.25, -0.2) is 4.39 Å². The fourth-order valence-corrected chi connectivity index (χ4v) is 2.15. The molecule has 0 bridgehead atoms. The fraction of sp³-hybridized carbons (Fsp3) is 0.333. The van der Waals surface area contributed by atoms with Gasteiger partial charge in [-0.3, -0.25) is 0 Å². The molecule has 0 aromatic heterocycles. The molecule has 0 aliphatic heterocycles. The summed E-state index contributed by atoms with van der Waals surface area (Å²) < 4.78 is 19.4. The van der Waals surface area contributed by atoms with Crippen LogP contribution in [0.2, 0.25) is 0 Å². The average molecular weight is 303 g/mol. The van der Waals surface area contributed by atoms with E-state index < -0.39 is 0 Å². The zero-order valence-corrected chi connectivity index (χ0v) is 12.8. The van der Waals surface area contributed by atoms with Crippen LogP contribution in [-0.2, 0) is 13.2 Å². The highest BCUT2D eigenvalue weighted by Crippen LogP contribution is 2.20. The van der Waals surface area contributed by atoms with Crippen LogP contribution in [0, 0.1) is 5.82 Å². The number of benzene rings is 2. The topological polar surface area (TPSA) is 41.5 Å². The zero-order chi connectivity index (χ0) is 15.8. The second kappa shape index (κ2) is 8.51. The predicted molar refractivity (Wildman–Crippen MR) is 85.2 cm³/mol. The molecule has 0 spiro atoms. The lowest BCUT2D eigenvalue weighted by atomic mass is 10.1. The molecule has 0 heterocycles. The Morgan fingerprint density at radius 3 is 2.45 bits per heavy atom. The van der Waals surface area contributed by atoms with E-state index in [-0.39, 0.29) is 25.1 Å². The van der Waals surface area contributed by atoms with Gasteiger partial charge in [0.2, 0.25) is 0 Å². The Labute approximate surface area is 130 Å². The van der Waals surface area contributed by atoms with Gasteiger partial charge in [0.15, 0.2) is 0 Å². The van der Waals surface area contributed by atoms with Crippen LogP contribution in [0.1, 0.15) is 24.5 Å². The van der Waals surface area contributed by atoms with Crippen LogP contribution in [-0.4, -0.2) is 17.8 Å². The Morgan fingerprint density at radius 2 is 1.77 bits per heavy atom. The van der Waals surface area contributed by atoms with Crippen molar-refractivity contribution in [3.63, 3.8) is 0 Å². The fourth-order valence-electron chi connectivity index (χ4n) is 2.15. The van der Waals surface area contributed by atoms with E-state index in [1.165, 1.54) is 6.07 Å². The summed E-state index contributed by atoms with van der Waals surface area (Å²) in [6.07, 6.45) is 0.856. The molecule has 2 rings (SSSR count).